The van der Waals surface area contributed by atoms with E-state index in [1.807, 2.05) is 36.4 Å². The molecule has 0 aliphatic carbocycles. The number of aromatic nitrogens is 2. The lowest BCUT2D eigenvalue weighted by molar-refractivity contribution is 0.0776. The first kappa shape index (κ1) is 21.5. The van der Waals surface area contributed by atoms with Crippen LogP contribution in [0.15, 0.2) is 54.7 Å². The Morgan fingerprint density at radius 1 is 1.23 bits per heavy atom. The van der Waals surface area contributed by atoms with Crippen LogP contribution in [0.5, 0.6) is 0 Å². The van der Waals surface area contributed by atoms with Crippen LogP contribution in [0.1, 0.15) is 52.5 Å². The third kappa shape index (κ3) is 4.97. The summed E-state index contributed by atoms with van der Waals surface area (Å²) in [5.41, 5.74) is 3.37. The Morgan fingerprint density at radius 3 is 2.81 bits per heavy atom. The molecule has 2 aromatic carbocycles. The van der Waals surface area contributed by atoms with Gasteiger partial charge >= 0.3 is 0 Å². The lowest BCUT2D eigenvalue weighted by Crippen LogP contribution is -2.35. The van der Waals surface area contributed by atoms with Crippen molar-refractivity contribution in [2.45, 2.75) is 38.4 Å². The number of amides is 1. The van der Waals surface area contributed by atoms with Crippen molar-refractivity contribution in [3.63, 3.8) is 0 Å². The molecule has 0 unspecified atom stereocenters. The van der Waals surface area contributed by atoms with Crippen LogP contribution in [0.3, 0.4) is 0 Å². The second-order valence-electron chi connectivity index (χ2n) is 8.07. The first-order chi connectivity index (χ1) is 15.0. The SMILES string of the molecule is CN(Cc1ccccc1)C(=O)c1cn[nH]c1[C@H]1CCCCN1Cc1ccc(Cl)c(F)c1. The van der Waals surface area contributed by atoms with Gasteiger partial charge in [-0.15, -0.1) is 0 Å². The van der Waals surface area contributed by atoms with Gasteiger partial charge in [-0.2, -0.15) is 5.10 Å². The van der Waals surface area contributed by atoms with Crippen molar-refractivity contribution in [1.82, 2.24) is 20.0 Å². The van der Waals surface area contributed by atoms with Crippen molar-refractivity contribution in [1.29, 1.82) is 0 Å². The van der Waals surface area contributed by atoms with E-state index in [9.17, 15) is 9.18 Å². The van der Waals surface area contributed by atoms with Gasteiger partial charge in [0.15, 0.2) is 0 Å². The van der Waals surface area contributed by atoms with Crippen molar-refractivity contribution in [2.24, 2.45) is 0 Å². The normalized spacial score (nSPS) is 16.9. The molecular weight excluding hydrogens is 415 g/mol. The number of hydrogen-bond donors (Lipinski definition) is 1. The molecule has 4 rings (SSSR count). The van der Waals surface area contributed by atoms with Crippen LogP contribution in [0.2, 0.25) is 5.02 Å². The summed E-state index contributed by atoms with van der Waals surface area (Å²) in [5.74, 6) is -0.469. The predicted octanol–water partition coefficient (Wildman–Crippen LogP) is 5.20. The number of aromatic amines is 1. The maximum absolute atomic E-state index is 13.9. The van der Waals surface area contributed by atoms with Gasteiger partial charge in [-0.25, -0.2) is 4.39 Å². The van der Waals surface area contributed by atoms with Crippen LogP contribution in [-0.4, -0.2) is 39.5 Å². The number of nitrogens with one attached hydrogen (secondary N) is 1. The molecule has 0 bridgehead atoms. The molecule has 1 aliphatic rings. The molecule has 1 aromatic heterocycles. The van der Waals surface area contributed by atoms with Gasteiger partial charge in [0.2, 0.25) is 0 Å². The third-order valence-electron chi connectivity index (χ3n) is 5.83. The fourth-order valence-electron chi connectivity index (χ4n) is 4.23. The fourth-order valence-corrected chi connectivity index (χ4v) is 4.35. The second kappa shape index (κ2) is 9.62. The maximum atomic E-state index is 13.9. The van der Waals surface area contributed by atoms with Crippen LogP contribution >= 0.6 is 11.6 Å². The lowest BCUT2D eigenvalue weighted by atomic mass is 9.96. The summed E-state index contributed by atoms with van der Waals surface area (Å²) in [4.78, 5) is 17.2. The van der Waals surface area contributed by atoms with E-state index in [0.717, 1.165) is 42.6 Å². The molecule has 1 fully saturated rings. The van der Waals surface area contributed by atoms with E-state index in [1.165, 1.54) is 6.07 Å². The number of carbonyl (C=O) groups is 1. The molecule has 3 aromatic rings. The van der Waals surface area contributed by atoms with Gasteiger partial charge < -0.3 is 4.90 Å². The molecule has 0 radical (unpaired) electrons. The van der Waals surface area contributed by atoms with Crippen molar-refractivity contribution in [2.75, 3.05) is 13.6 Å². The molecule has 1 aliphatic heterocycles. The molecule has 2 heterocycles. The Kier molecular flexibility index (Phi) is 6.68. The van der Waals surface area contributed by atoms with Crippen molar-refractivity contribution < 1.29 is 9.18 Å². The summed E-state index contributed by atoms with van der Waals surface area (Å²) in [5, 5.41) is 7.40. The minimum absolute atomic E-state index is 0.0269. The Labute approximate surface area is 186 Å². The first-order valence-electron chi connectivity index (χ1n) is 10.5. The highest BCUT2D eigenvalue weighted by molar-refractivity contribution is 6.30. The Balaban J connectivity index is 1.53. The van der Waals surface area contributed by atoms with E-state index in [1.54, 1.807) is 24.2 Å². The van der Waals surface area contributed by atoms with Crippen LogP contribution in [-0.2, 0) is 13.1 Å². The van der Waals surface area contributed by atoms with Gasteiger partial charge in [-0.1, -0.05) is 54.4 Å². The highest BCUT2D eigenvalue weighted by atomic mass is 35.5. The van der Waals surface area contributed by atoms with Gasteiger partial charge in [0.1, 0.15) is 5.82 Å². The number of benzene rings is 2. The van der Waals surface area contributed by atoms with Gasteiger partial charge in [0.05, 0.1) is 28.5 Å². The summed E-state index contributed by atoms with van der Waals surface area (Å²) >= 11 is 5.83. The lowest BCUT2D eigenvalue weighted by Gasteiger charge is -2.35. The number of H-pyrrole nitrogens is 1. The summed E-state index contributed by atoms with van der Waals surface area (Å²) in [7, 11) is 1.81. The monoisotopic (exact) mass is 440 g/mol. The smallest absolute Gasteiger partial charge is 0.257 e. The van der Waals surface area contributed by atoms with Gasteiger partial charge in [0.25, 0.3) is 5.91 Å². The summed E-state index contributed by atoms with van der Waals surface area (Å²) < 4.78 is 13.9. The topological polar surface area (TPSA) is 52.2 Å². The summed E-state index contributed by atoms with van der Waals surface area (Å²) in [6, 6.07) is 14.9. The molecule has 1 atom stereocenters. The Hall–Kier alpha value is -2.70. The predicted molar refractivity (Wildman–Crippen MR) is 119 cm³/mol. The number of rotatable bonds is 6. The zero-order valence-electron chi connectivity index (χ0n) is 17.5. The zero-order valence-corrected chi connectivity index (χ0v) is 18.3. The minimum Gasteiger partial charge on any atom is -0.337 e. The molecule has 162 valence electrons. The highest BCUT2D eigenvalue weighted by Gasteiger charge is 2.30. The second-order valence-corrected chi connectivity index (χ2v) is 8.48. The number of hydrogen-bond acceptors (Lipinski definition) is 3. The minimum atomic E-state index is -0.410. The van der Waals surface area contributed by atoms with E-state index < -0.39 is 5.82 Å². The van der Waals surface area contributed by atoms with E-state index in [2.05, 4.69) is 15.1 Å². The largest absolute Gasteiger partial charge is 0.337 e. The molecule has 31 heavy (non-hydrogen) atoms. The molecule has 7 heteroatoms. The summed E-state index contributed by atoms with van der Waals surface area (Å²) in [6.07, 6.45) is 4.68. The number of halogens is 2. The number of carbonyl (C=O) groups excluding carboxylic acids is 1. The van der Waals surface area contributed by atoms with Gasteiger partial charge in [0, 0.05) is 20.1 Å². The third-order valence-corrected chi connectivity index (χ3v) is 6.13. The van der Waals surface area contributed by atoms with Crippen LogP contribution in [0.4, 0.5) is 4.39 Å². The van der Waals surface area contributed by atoms with E-state index >= 15 is 0 Å². The molecular formula is C24H26ClFN4O. The van der Waals surface area contributed by atoms with Crippen LogP contribution in [0.25, 0.3) is 0 Å². The molecule has 1 saturated heterocycles. The number of nitrogens with zero attached hydrogens (tertiary/aromatic N) is 3. The van der Waals surface area contributed by atoms with Gasteiger partial charge in [-0.3, -0.25) is 14.8 Å². The Morgan fingerprint density at radius 2 is 2.03 bits per heavy atom. The van der Waals surface area contributed by atoms with Crippen molar-refractivity contribution >= 4 is 17.5 Å². The summed E-state index contributed by atoms with van der Waals surface area (Å²) in [6.45, 7) is 2.00. The fraction of sp³-hybridized carbons (Fsp3) is 0.333. The Bertz CT molecular complexity index is 1040. The van der Waals surface area contributed by atoms with Crippen molar-refractivity contribution in [3.05, 3.63) is 88.0 Å². The number of likely N-dealkylation sites (tertiary alicyclic amines) is 1. The standard InChI is InChI=1S/C24H26ClFN4O/c1-29(15-17-7-3-2-4-8-17)24(31)19-14-27-28-23(19)22-9-5-6-12-30(22)16-18-10-11-20(25)21(26)13-18/h2-4,7-8,10-11,13-14,22H,5-6,9,12,15-16H2,1H3,(H,27,28)/t22-/m1/s1. The molecule has 1 N–H and O–H groups in total. The van der Waals surface area contributed by atoms with Crippen LogP contribution in [0, 0.1) is 5.82 Å². The van der Waals surface area contributed by atoms with E-state index in [4.69, 9.17) is 11.6 Å². The van der Waals surface area contributed by atoms with Crippen LogP contribution < -0.4 is 0 Å². The quantitative estimate of drug-likeness (QED) is 0.573. The average molecular weight is 441 g/mol. The number of piperidine rings is 1. The maximum Gasteiger partial charge on any atom is 0.257 e. The highest BCUT2D eigenvalue weighted by Crippen LogP contribution is 2.33. The molecule has 1 amide bonds. The van der Waals surface area contributed by atoms with Crippen molar-refractivity contribution in [3.8, 4) is 0 Å². The van der Waals surface area contributed by atoms with Gasteiger partial charge in [-0.05, 0) is 42.6 Å². The molecule has 5 nitrogen and oxygen atoms in total. The molecule has 0 spiro atoms. The first-order valence-corrected chi connectivity index (χ1v) is 10.9. The van der Waals surface area contributed by atoms with E-state index in [-0.39, 0.29) is 17.0 Å². The average Bonchev–Trinajstić information content (AvgIpc) is 3.26. The molecule has 0 saturated carbocycles. The zero-order chi connectivity index (χ0) is 21.8. The van der Waals surface area contributed by atoms with E-state index in [0.29, 0.717) is 18.7 Å².